The summed E-state index contributed by atoms with van der Waals surface area (Å²) < 4.78 is 4.98. The lowest BCUT2D eigenvalue weighted by Gasteiger charge is -2.25. The Morgan fingerprint density at radius 3 is 2.74 bits per heavy atom. The first-order chi connectivity index (χ1) is 8.86. The normalized spacial score (nSPS) is 15.6. The molecule has 3 nitrogen and oxygen atoms in total. The number of halogens is 1. The van der Waals surface area contributed by atoms with Crippen molar-refractivity contribution in [3.63, 3.8) is 0 Å². The maximum atomic E-state index is 11.7. The Morgan fingerprint density at radius 1 is 1.53 bits per heavy atom. The van der Waals surface area contributed by atoms with Crippen molar-refractivity contribution in [2.24, 2.45) is 5.73 Å². The van der Waals surface area contributed by atoms with Crippen LogP contribution in [0.1, 0.15) is 27.2 Å². The number of thioether (sulfide) groups is 1. The van der Waals surface area contributed by atoms with Crippen LogP contribution in [0.25, 0.3) is 0 Å². The Balaban J connectivity index is 2.62. The van der Waals surface area contributed by atoms with Gasteiger partial charge in [0.2, 0.25) is 0 Å². The molecule has 1 rings (SSSR count). The summed E-state index contributed by atoms with van der Waals surface area (Å²) in [5.74, 6) is -0.360. The number of benzene rings is 1. The standard InChI is InChI=1S/C14H20ClNO2S/c1-4-18-13(17)14(3,16)9-10(2)19-12-8-6-5-7-11(12)15/h5-8,10H,4,9,16H2,1-3H3. The first kappa shape index (κ1) is 16.3. The maximum Gasteiger partial charge on any atom is 0.325 e. The van der Waals surface area contributed by atoms with Gasteiger partial charge in [-0.15, -0.1) is 11.8 Å². The Hall–Kier alpha value is -0.710. The molecule has 0 saturated heterocycles. The number of carbonyl (C=O) groups excluding carboxylic acids is 1. The number of ether oxygens (including phenoxy) is 1. The third-order valence-electron chi connectivity index (χ3n) is 2.62. The molecule has 0 spiro atoms. The van der Waals surface area contributed by atoms with Crippen LogP contribution in [0.2, 0.25) is 5.02 Å². The quantitative estimate of drug-likeness (QED) is 0.645. The monoisotopic (exact) mass is 301 g/mol. The second-order valence-corrected chi connectivity index (χ2v) is 6.59. The average molecular weight is 302 g/mol. The molecule has 0 radical (unpaired) electrons. The van der Waals surface area contributed by atoms with Gasteiger partial charge >= 0.3 is 5.97 Å². The fourth-order valence-corrected chi connectivity index (χ4v) is 3.25. The third-order valence-corrected chi connectivity index (χ3v) is 4.24. The number of hydrogen-bond acceptors (Lipinski definition) is 4. The largest absolute Gasteiger partial charge is 0.465 e. The summed E-state index contributed by atoms with van der Waals surface area (Å²) in [6.45, 7) is 5.85. The van der Waals surface area contributed by atoms with Gasteiger partial charge in [-0.3, -0.25) is 4.79 Å². The van der Waals surface area contributed by atoms with E-state index in [1.54, 1.807) is 25.6 Å². The molecule has 2 unspecified atom stereocenters. The highest BCUT2D eigenvalue weighted by atomic mass is 35.5. The van der Waals surface area contributed by atoms with E-state index in [-0.39, 0.29) is 11.2 Å². The molecule has 2 atom stereocenters. The number of hydrogen-bond donors (Lipinski definition) is 1. The van der Waals surface area contributed by atoms with E-state index in [1.807, 2.05) is 31.2 Å². The van der Waals surface area contributed by atoms with Crippen molar-refractivity contribution in [1.82, 2.24) is 0 Å². The molecular formula is C14H20ClNO2S. The summed E-state index contributed by atoms with van der Waals surface area (Å²) in [5, 5.41) is 0.883. The summed E-state index contributed by atoms with van der Waals surface area (Å²) in [6.07, 6.45) is 0.529. The molecule has 106 valence electrons. The van der Waals surface area contributed by atoms with Crippen LogP contribution in [0, 0.1) is 0 Å². The molecule has 0 heterocycles. The van der Waals surface area contributed by atoms with Crippen molar-refractivity contribution >= 4 is 29.3 Å². The van der Waals surface area contributed by atoms with Crippen molar-refractivity contribution in [1.29, 1.82) is 0 Å². The van der Waals surface area contributed by atoms with E-state index in [2.05, 4.69) is 0 Å². The van der Waals surface area contributed by atoms with Crippen LogP contribution < -0.4 is 5.73 Å². The van der Waals surface area contributed by atoms with E-state index >= 15 is 0 Å². The van der Waals surface area contributed by atoms with Crippen molar-refractivity contribution < 1.29 is 9.53 Å². The van der Waals surface area contributed by atoms with E-state index in [1.165, 1.54) is 0 Å². The second-order valence-electron chi connectivity index (χ2n) is 4.70. The summed E-state index contributed by atoms with van der Waals surface area (Å²) >= 11 is 7.72. The van der Waals surface area contributed by atoms with Gasteiger partial charge < -0.3 is 10.5 Å². The van der Waals surface area contributed by atoms with Crippen LogP contribution in [0.4, 0.5) is 0 Å². The summed E-state index contributed by atoms with van der Waals surface area (Å²) in [7, 11) is 0. The Labute approximate surface area is 123 Å². The van der Waals surface area contributed by atoms with Crippen LogP contribution in [0.5, 0.6) is 0 Å². The number of carbonyl (C=O) groups is 1. The molecule has 5 heteroatoms. The van der Waals surface area contributed by atoms with Gasteiger partial charge in [0.1, 0.15) is 5.54 Å². The zero-order valence-electron chi connectivity index (χ0n) is 11.5. The highest BCUT2D eigenvalue weighted by Gasteiger charge is 2.32. The van der Waals surface area contributed by atoms with Crippen LogP contribution in [0.3, 0.4) is 0 Å². The first-order valence-corrected chi connectivity index (χ1v) is 7.50. The van der Waals surface area contributed by atoms with Gasteiger partial charge in [-0.2, -0.15) is 0 Å². The maximum absolute atomic E-state index is 11.7. The van der Waals surface area contributed by atoms with E-state index in [0.717, 1.165) is 4.90 Å². The van der Waals surface area contributed by atoms with Gasteiger partial charge in [0.15, 0.2) is 0 Å². The molecule has 2 N–H and O–H groups in total. The van der Waals surface area contributed by atoms with Crippen molar-refractivity contribution in [3.8, 4) is 0 Å². The summed E-state index contributed by atoms with van der Waals surface area (Å²) in [6, 6.07) is 7.64. The summed E-state index contributed by atoms with van der Waals surface area (Å²) in [5.41, 5.74) is 5.05. The van der Waals surface area contributed by atoms with Crippen molar-refractivity contribution in [2.75, 3.05) is 6.61 Å². The number of esters is 1. The first-order valence-electron chi connectivity index (χ1n) is 6.24. The molecule has 0 amide bonds. The molecule has 0 aromatic heterocycles. The van der Waals surface area contributed by atoms with E-state index in [0.29, 0.717) is 18.1 Å². The van der Waals surface area contributed by atoms with Crippen LogP contribution in [-0.2, 0) is 9.53 Å². The molecule has 1 aromatic rings. The van der Waals surface area contributed by atoms with Gasteiger partial charge in [0, 0.05) is 10.1 Å². The second kappa shape index (κ2) is 7.17. The minimum Gasteiger partial charge on any atom is -0.465 e. The molecule has 0 bridgehead atoms. The average Bonchev–Trinajstić information content (AvgIpc) is 2.31. The van der Waals surface area contributed by atoms with Crippen molar-refractivity contribution in [2.45, 2.75) is 42.9 Å². The molecule has 1 aromatic carbocycles. The molecule has 0 aliphatic rings. The van der Waals surface area contributed by atoms with E-state index in [4.69, 9.17) is 22.1 Å². The lowest BCUT2D eigenvalue weighted by atomic mass is 9.98. The van der Waals surface area contributed by atoms with E-state index in [9.17, 15) is 4.79 Å². The minimum atomic E-state index is -0.969. The van der Waals surface area contributed by atoms with E-state index < -0.39 is 5.54 Å². The van der Waals surface area contributed by atoms with Crippen LogP contribution in [0.15, 0.2) is 29.2 Å². The fourth-order valence-electron chi connectivity index (χ4n) is 1.78. The van der Waals surface area contributed by atoms with Gasteiger partial charge in [0.25, 0.3) is 0 Å². The SMILES string of the molecule is CCOC(=O)C(C)(N)CC(C)Sc1ccccc1Cl. The van der Waals surface area contributed by atoms with Gasteiger partial charge in [0.05, 0.1) is 11.6 Å². The Kier molecular flexibility index (Phi) is 6.17. The zero-order valence-corrected chi connectivity index (χ0v) is 13.1. The lowest BCUT2D eigenvalue weighted by Crippen LogP contribution is -2.47. The topological polar surface area (TPSA) is 52.3 Å². The van der Waals surface area contributed by atoms with Crippen LogP contribution in [-0.4, -0.2) is 23.4 Å². The Morgan fingerprint density at radius 2 is 2.16 bits per heavy atom. The zero-order chi connectivity index (χ0) is 14.5. The predicted octanol–water partition coefficient (Wildman–Crippen LogP) is 3.49. The Bertz CT molecular complexity index is 437. The highest BCUT2D eigenvalue weighted by molar-refractivity contribution is 8.00. The minimum absolute atomic E-state index is 0.166. The number of nitrogens with two attached hydrogens (primary N) is 1. The van der Waals surface area contributed by atoms with Gasteiger partial charge in [-0.05, 0) is 32.4 Å². The number of rotatable bonds is 6. The highest BCUT2D eigenvalue weighted by Crippen LogP contribution is 2.33. The summed E-state index contributed by atoms with van der Waals surface area (Å²) in [4.78, 5) is 12.7. The van der Waals surface area contributed by atoms with Gasteiger partial charge in [-0.1, -0.05) is 30.7 Å². The predicted molar refractivity (Wildman–Crippen MR) is 80.6 cm³/mol. The van der Waals surface area contributed by atoms with Gasteiger partial charge in [-0.25, -0.2) is 0 Å². The molecule has 0 saturated carbocycles. The van der Waals surface area contributed by atoms with Crippen LogP contribution >= 0.6 is 23.4 Å². The third kappa shape index (κ3) is 5.05. The molecule has 0 fully saturated rings. The fraction of sp³-hybridized carbons (Fsp3) is 0.500. The van der Waals surface area contributed by atoms with Crippen molar-refractivity contribution in [3.05, 3.63) is 29.3 Å². The smallest absolute Gasteiger partial charge is 0.325 e. The molecule has 0 aliphatic heterocycles. The molecular weight excluding hydrogens is 282 g/mol. The lowest BCUT2D eigenvalue weighted by molar-refractivity contribution is -0.149. The molecule has 0 aliphatic carbocycles. The molecule has 19 heavy (non-hydrogen) atoms.